The van der Waals surface area contributed by atoms with Crippen LogP contribution in [0.3, 0.4) is 0 Å². The number of nitrogens with one attached hydrogen (secondary N) is 1. The van der Waals surface area contributed by atoms with Gasteiger partial charge in [0.2, 0.25) is 0 Å². The van der Waals surface area contributed by atoms with Crippen LogP contribution in [0.1, 0.15) is 35.7 Å². The van der Waals surface area contributed by atoms with Crippen molar-refractivity contribution in [2.24, 2.45) is 5.73 Å². The summed E-state index contributed by atoms with van der Waals surface area (Å²) in [6.07, 6.45) is 2.14. The number of anilines is 1. The first-order chi connectivity index (χ1) is 15.5. The van der Waals surface area contributed by atoms with E-state index in [2.05, 4.69) is 5.48 Å². The topological polar surface area (TPSA) is 99.9 Å². The van der Waals surface area contributed by atoms with Crippen molar-refractivity contribution in [3.05, 3.63) is 71.8 Å². The Morgan fingerprint density at radius 3 is 2.56 bits per heavy atom. The van der Waals surface area contributed by atoms with E-state index in [4.69, 9.17) is 20.0 Å². The van der Waals surface area contributed by atoms with Crippen molar-refractivity contribution in [3.8, 4) is 5.75 Å². The maximum Gasteiger partial charge on any atom is 0.348 e. The first kappa shape index (κ1) is 23.1. The molecule has 3 aromatic carbocycles. The third-order valence-electron chi connectivity index (χ3n) is 4.99. The minimum atomic E-state index is -0.845. The van der Waals surface area contributed by atoms with E-state index in [0.29, 0.717) is 30.0 Å². The highest BCUT2D eigenvalue weighted by atomic mass is 16.7. The number of benzene rings is 3. The number of fused-ring (bicyclic) bond motifs is 1. The molecule has 168 valence electrons. The molecule has 0 unspecified atom stereocenters. The summed E-state index contributed by atoms with van der Waals surface area (Å²) >= 11 is 0. The summed E-state index contributed by atoms with van der Waals surface area (Å²) in [6.45, 7) is 2.51. The van der Waals surface area contributed by atoms with E-state index in [1.165, 1.54) is 7.11 Å². The van der Waals surface area contributed by atoms with Crippen LogP contribution in [0.4, 0.5) is 5.69 Å². The van der Waals surface area contributed by atoms with Crippen LogP contribution in [-0.2, 0) is 20.8 Å². The van der Waals surface area contributed by atoms with Crippen LogP contribution < -0.4 is 16.0 Å². The highest BCUT2D eigenvalue weighted by Gasteiger charge is 2.18. The number of ether oxygens (including phenoxy) is 2. The number of esters is 1. The van der Waals surface area contributed by atoms with Gasteiger partial charge in [-0.3, -0.25) is 0 Å². The third kappa shape index (κ3) is 5.98. The Morgan fingerprint density at radius 2 is 1.81 bits per heavy atom. The van der Waals surface area contributed by atoms with E-state index in [1.807, 2.05) is 49.4 Å². The molecule has 0 aromatic heterocycles. The normalized spacial score (nSPS) is 11.6. The van der Waals surface area contributed by atoms with E-state index in [-0.39, 0.29) is 0 Å². The van der Waals surface area contributed by atoms with Crippen molar-refractivity contribution in [1.29, 1.82) is 0 Å². The predicted octanol–water partition coefficient (Wildman–Crippen LogP) is 4.25. The summed E-state index contributed by atoms with van der Waals surface area (Å²) in [5.41, 5.74) is 10.4. The fourth-order valence-electron chi connectivity index (χ4n) is 3.18. The Kier molecular flexibility index (Phi) is 8.05. The van der Waals surface area contributed by atoms with Gasteiger partial charge in [0.15, 0.2) is 0 Å². The lowest BCUT2D eigenvalue weighted by Crippen LogP contribution is -2.35. The second-order valence-corrected chi connectivity index (χ2v) is 7.42. The van der Waals surface area contributed by atoms with E-state index in [9.17, 15) is 9.59 Å². The molecule has 3 N–H and O–H groups in total. The smallest absolute Gasteiger partial charge is 0.348 e. The lowest BCUT2D eigenvalue weighted by atomic mass is 10.0. The second kappa shape index (κ2) is 11.2. The van der Waals surface area contributed by atoms with Crippen molar-refractivity contribution >= 4 is 28.4 Å². The first-order valence-corrected chi connectivity index (χ1v) is 10.6. The molecule has 7 heteroatoms. The van der Waals surface area contributed by atoms with Crippen LogP contribution in [0.2, 0.25) is 0 Å². The Morgan fingerprint density at radius 1 is 1.03 bits per heavy atom. The summed E-state index contributed by atoms with van der Waals surface area (Å²) in [5.74, 6) is -0.696. The molecule has 0 fully saturated rings. The number of carbonyl (C=O) groups excluding carboxylic acids is 2. The van der Waals surface area contributed by atoms with Crippen LogP contribution in [0.25, 0.3) is 10.8 Å². The lowest BCUT2D eigenvalue weighted by molar-refractivity contribution is -0.142. The van der Waals surface area contributed by atoms with Gasteiger partial charge in [0.25, 0.3) is 0 Å². The van der Waals surface area contributed by atoms with Gasteiger partial charge in [-0.05, 0) is 47.4 Å². The monoisotopic (exact) mass is 436 g/mol. The molecule has 0 radical (unpaired) electrons. The van der Waals surface area contributed by atoms with Gasteiger partial charge in [0, 0.05) is 0 Å². The quantitative estimate of drug-likeness (QED) is 0.278. The Bertz CT molecular complexity index is 1080. The van der Waals surface area contributed by atoms with Crippen molar-refractivity contribution in [3.63, 3.8) is 0 Å². The van der Waals surface area contributed by atoms with Gasteiger partial charge < -0.3 is 20.0 Å². The zero-order valence-corrected chi connectivity index (χ0v) is 18.3. The van der Waals surface area contributed by atoms with Crippen LogP contribution in [-0.4, -0.2) is 31.7 Å². The molecule has 0 spiro atoms. The number of nitrogens with two attached hydrogens (primary N) is 1. The van der Waals surface area contributed by atoms with E-state index < -0.39 is 18.0 Å². The van der Waals surface area contributed by atoms with E-state index in [1.54, 1.807) is 18.2 Å². The number of methoxy groups -OCH3 is 1. The Labute approximate surface area is 187 Å². The van der Waals surface area contributed by atoms with Crippen LogP contribution in [0, 0.1) is 0 Å². The second-order valence-electron chi connectivity index (χ2n) is 7.42. The van der Waals surface area contributed by atoms with Crippen LogP contribution in [0.15, 0.2) is 60.7 Å². The van der Waals surface area contributed by atoms with Gasteiger partial charge in [-0.25, -0.2) is 15.1 Å². The van der Waals surface area contributed by atoms with E-state index >= 15 is 0 Å². The van der Waals surface area contributed by atoms with Gasteiger partial charge >= 0.3 is 11.9 Å². The highest BCUT2D eigenvalue weighted by molar-refractivity contribution is 5.90. The molecule has 3 rings (SSSR count). The zero-order chi connectivity index (χ0) is 22.9. The fraction of sp³-hybridized carbons (Fsp3) is 0.280. The minimum Gasteiger partial charge on any atom is -0.491 e. The fourth-order valence-corrected chi connectivity index (χ4v) is 3.18. The van der Waals surface area contributed by atoms with Gasteiger partial charge in [-0.15, -0.1) is 0 Å². The molecule has 0 bridgehead atoms. The molecule has 0 saturated carbocycles. The zero-order valence-electron chi connectivity index (χ0n) is 18.3. The van der Waals surface area contributed by atoms with Crippen molar-refractivity contribution in [1.82, 2.24) is 0 Å². The van der Waals surface area contributed by atoms with Crippen molar-refractivity contribution in [2.75, 3.05) is 19.2 Å². The summed E-state index contributed by atoms with van der Waals surface area (Å²) in [4.78, 5) is 29.5. The number of carbonyl (C=O) groups is 2. The van der Waals surface area contributed by atoms with Gasteiger partial charge in [-0.2, -0.15) is 0 Å². The maximum atomic E-state index is 12.5. The summed E-state index contributed by atoms with van der Waals surface area (Å²) < 4.78 is 10.5. The highest BCUT2D eigenvalue weighted by Crippen LogP contribution is 2.27. The molecule has 3 aromatic rings. The number of rotatable bonds is 10. The SMILES string of the molecule is CCCCOc1cc(C(=O)OC)ccc1NOC(=O)[C@H](N)Cc1ccc2ccccc2c1. The molecule has 1 atom stereocenters. The largest absolute Gasteiger partial charge is 0.491 e. The summed E-state index contributed by atoms with van der Waals surface area (Å²) in [7, 11) is 1.31. The number of hydrogen-bond donors (Lipinski definition) is 2. The molecule has 7 nitrogen and oxygen atoms in total. The van der Waals surface area contributed by atoms with Crippen molar-refractivity contribution < 1.29 is 23.9 Å². The van der Waals surface area contributed by atoms with Crippen molar-refractivity contribution in [2.45, 2.75) is 32.2 Å². The Hall–Kier alpha value is -3.58. The third-order valence-corrected chi connectivity index (χ3v) is 4.99. The standard InChI is InChI=1S/C25H28N2O5/c1-3-4-13-31-23-16-20(24(28)30-2)11-12-22(23)27-32-25(29)21(26)15-17-9-10-18-7-5-6-8-19(18)14-17/h5-12,14,16,21,27H,3-4,13,15,26H2,1-2H3/t21-/m1/s1. The van der Waals surface area contributed by atoms with Gasteiger partial charge in [0.1, 0.15) is 17.5 Å². The molecule has 32 heavy (non-hydrogen) atoms. The average molecular weight is 437 g/mol. The average Bonchev–Trinajstić information content (AvgIpc) is 2.82. The van der Waals surface area contributed by atoms with Crippen LogP contribution in [0.5, 0.6) is 5.75 Å². The minimum absolute atomic E-state index is 0.337. The summed E-state index contributed by atoms with van der Waals surface area (Å²) in [5, 5.41) is 2.21. The number of hydrogen-bond acceptors (Lipinski definition) is 7. The molecular weight excluding hydrogens is 408 g/mol. The Balaban J connectivity index is 1.64. The molecule has 0 heterocycles. The molecule has 0 aliphatic heterocycles. The first-order valence-electron chi connectivity index (χ1n) is 10.6. The van der Waals surface area contributed by atoms with Gasteiger partial charge in [-0.1, -0.05) is 55.8 Å². The predicted molar refractivity (Wildman–Crippen MR) is 124 cm³/mol. The molecule has 0 amide bonds. The summed E-state index contributed by atoms with van der Waals surface area (Å²) in [6, 6.07) is 17.8. The van der Waals surface area contributed by atoms with E-state index in [0.717, 1.165) is 29.2 Å². The number of unbranched alkanes of at least 4 members (excludes halogenated alkanes) is 1. The molecule has 0 aliphatic carbocycles. The van der Waals surface area contributed by atoms with Crippen LogP contribution >= 0.6 is 0 Å². The molecule has 0 saturated heterocycles. The molecule has 0 aliphatic rings. The maximum absolute atomic E-state index is 12.5. The lowest BCUT2D eigenvalue weighted by Gasteiger charge is -2.16. The van der Waals surface area contributed by atoms with Gasteiger partial charge in [0.05, 0.1) is 19.3 Å². The molecular formula is C25H28N2O5.